The highest BCUT2D eigenvalue weighted by molar-refractivity contribution is 9.09. The normalized spacial score (nSPS) is 12.8. The van der Waals surface area contributed by atoms with Crippen LogP contribution in [0, 0.1) is 5.41 Å². The minimum Gasteiger partial charge on any atom is -0.481 e. The standard InChI is InChI=1S/C15H21BrClNO2/c1-11(20-13-6-4-5-12(17)9-13)14(19)18-10-15(2,3)7-8-16/h4-6,9,11H,7-8,10H2,1-3H3,(H,18,19). The summed E-state index contributed by atoms with van der Waals surface area (Å²) < 4.78 is 5.58. The van der Waals surface area contributed by atoms with E-state index < -0.39 is 6.10 Å². The highest BCUT2D eigenvalue weighted by Crippen LogP contribution is 2.21. The van der Waals surface area contributed by atoms with Gasteiger partial charge in [-0.3, -0.25) is 4.79 Å². The zero-order chi connectivity index (χ0) is 15.2. The average Bonchev–Trinajstić information content (AvgIpc) is 2.36. The summed E-state index contributed by atoms with van der Waals surface area (Å²) >= 11 is 9.30. The summed E-state index contributed by atoms with van der Waals surface area (Å²) in [6.45, 7) is 6.60. The molecule has 1 rings (SSSR count). The molecular weight excluding hydrogens is 342 g/mol. The number of ether oxygens (including phenoxy) is 1. The highest BCUT2D eigenvalue weighted by atomic mass is 79.9. The van der Waals surface area contributed by atoms with Gasteiger partial charge in [-0.15, -0.1) is 0 Å². The van der Waals surface area contributed by atoms with Crippen molar-refractivity contribution in [2.45, 2.75) is 33.3 Å². The minimum atomic E-state index is -0.548. The Hall–Kier alpha value is -0.740. The predicted octanol–water partition coefficient (Wildman–Crippen LogP) is 4.03. The number of amides is 1. The highest BCUT2D eigenvalue weighted by Gasteiger charge is 2.21. The first-order valence-corrected chi connectivity index (χ1v) is 8.10. The smallest absolute Gasteiger partial charge is 0.260 e. The van der Waals surface area contributed by atoms with Crippen LogP contribution < -0.4 is 10.1 Å². The molecule has 0 spiro atoms. The fraction of sp³-hybridized carbons (Fsp3) is 0.533. The molecule has 20 heavy (non-hydrogen) atoms. The van der Waals surface area contributed by atoms with Gasteiger partial charge < -0.3 is 10.1 Å². The maximum atomic E-state index is 12.0. The maximum absolute atomic E-state index is 12.0. The zero-order valence-electron chi connectivity index (χ0n) is 12.1. The lowest BCUT2D eigenvalue weighted by molar-refractivity contribution is -0.127. The van der Waals surface area contributed by atoms with Crippen LogP contribution >= 0.6 is 27.5 Å². The Morgan fingerprint density at radius 3 is 2.80 bits per heavy atom. The third kappa shape index (κ3) is 6.14. The van der Waals surface area contributed by atoms with Crippen molar-refractivity contribution in [1.29, 1.82) is 0 Å². The maximum Gasteiger partial charge on any atom is 0.260 e. The third-order valence-corrected chi connectivity index (χ3v) is 3.62. The van der Waals surface area contributed by atoms with Crippen molar-refractivity contribution in [3.63, 3.8) is 0 Å². The summed E-state index contributed by atoms with van der Waals surface area (Å²) in [6, 6.07) is 7.04. The van der Waals surface area contributed by atoms with E-state index in [1.807, 2.05) is 0 Å². The molecule has 112 valence electrons. The topological polar surface area (TPSA) is 38.3 Å². The first-order chi connectivity index (χ1) is 9.34. The first kappa shape index (κ1) is 17.3. The Morgan fingerprint density at radius 2 is 2.20 bits per heavy atom. The summed E-state index contributed by atoms with van der Waals surface area (Å²) in [5.41, 5.74) is 0.0644. The molecule has 0 fully saturated rings. The van der Waals surface area contributed by atoms with E-state index in [9.17, 15) is 4.79 Å². The van der Waals surface area contributed by atoms with E-state index in [2.05, 4.69) is 35.1 Å². The molecule has 0 saturated carbocycles. The van der Waals surface area contributed by atoms with Gasteiger partial charge in [0.1, 0.15) is 5.75 Å². The van der Waals surface area contributed by atoms with Crippen molar-refractivity contribution in [3.05, 3.63) is 29.3 Å². The van der Waals surface area contributed by atoms with Gasteiger partial charge in [0.05, 0.1) is 0 Å². The molecule has 0 radical (unpaired) electrons. The lowest BCUT2D eigenvalue weighted by Crippen LogP contribution is -2.41. The molecular formula is C15H21BrClNO2. The molecule has 0 saturated heterocycles. The Kier molecular flexibility index (Phi) is 6.83. The van der Waals surface area contributed by atoms with Crippen LogP contribution in [-0.4, -0.2) is 23.9 Å². The monoisotopic (exact) mass is 361 g/mol. The molecule has 0 aliphatic heterocycles. The largest absolute Gasteiger partial charge is 0.481 e. The number of nitrogens with one attached hydrogen (secondary N) is 1. The van der Waals surface area contributed by atoms with E-state index in [4.69, 9.17) is 16.3 Å². The van der Waals surface area contributed by atoms with Crippen LogP contribution in [0.3, 0.4) is 0 Å². The predicted molar refractivity (Wildman–Crippen MR) is 86.7 cm³/mol. The van der Waals surface area contributed by atoms with Crippen LogP contribution in [0.4, 0.5) is 0 Å². The fourth-order valence-electron chi connectivity index (χ4n) is 1.61. The van der Waals surface area contributed by atoms with Crippen LogP contribution in [-0.2, 0) is 4.79 Å². The van der Waals surface area contributed by atoms with Gasteiger partial charge in [-0.1, -0.05) is 47.4 Å². The number of alkyl halides is 1. The lowest BCUT2D eigenvalue weighted by Gasteiger charge is -2.25. The number of hydrogen-bond donors (Lipinski definition) is 1. The van der Waals surface area contributed by atoms with Crippen LogP contribution in [0.15, 0.2) is 24.3 Å². The first-order valence-electron chi connectivity index (χ1n) is 6.60. The van der Waals surface area contributed by atoms with E-state index in [1.54, 1.807) is 31.2 Å². The van der Waals surface area contributed by atoms with Crippen LogP contribution in [0.1, 0.15) is 27.2 Å². The summed E-state index contributed by atoms with van der Waals surface area (Å²) in [5.74, 6) is 0.479. The molecule has 0 bridgehead atoms. The zero-order valence-corrected chi connectivity index (χ0v) is 14.4. The number of rotatable bonds is 7. The quantitative estimate of drug-likeness (QED) is 0.744. The van der Waals surface area contributed by atoms with Gasteiger partial charge in [0.25, 0.3) is 5.91 Å². The number of benzene rings is 1. The van der Waals surface area contributed by atoms with Crippen LogP contribution in [0.5, 0.6) is 5.75 Å². The van der Waals surface area contributed by atoms with Gasteiger partial charge in [-0.25, -0.2) is 0 Å². The van der Waals surface area contributed by atoms with Crippen molar-refractivity contribution < 1.29 is 9.53 Å². The second-order valence-corrected chi connectivity index (χ2v) is 6.77. The van der Waals surface area contributed by atoms with Crippen molar-refractivity contribution in [3.8, 4) is 5.75 Å². The molecule has 1 unspecified atom stereocenters. The molecule has 0 aromatic heterocycles. The molecule has 1 atom stereocenters. The molecule has 0 heterocycles. The van der Waals surface area contributed by atoms with Gasteiger partial charge in [0.15, 0.2) is 6.10 Å². The molecule has 1 aromatic carbocycles. The van der Waals surface area contributed by atoms with Crippen LogP contribution in [0.2, 0.25) is 5.02 Å². The van der Waals surface area contributed by atoms with E-state index in [-0.39, 0.29) is 11.3 Å². The van der Waals surface area contributed by atoms with Crippen molar-refractivity contribution in [2.24, 2.45) is 5.41 Å². The number of hydrogen-bond acceptors (Lipinski definition) is 2. The van der Waals surface area contributed by atoms with Gasteiger partial charge in [-0.2, -0.15) is 0 Å². The second kappa shape index (κ2) is 7.89. The summed E-state index contributed by atoms with van der Waals surface area (Å²) in [7, 11) is 0. The number of carbonyl (C=O) groups is 1. The number of halogens is 2. The summed E-state index contributed by atoms with van der Waals surface area (Å²) in [5, 5.41) is 4.44. The van der Waals surface area contributed by atoms with Crippen molar-refractivity contribution >= 4 is 33.4 Å². The molecule has 0 aliphatic carbocycles. The Morgan fingerprint density at radius 1 is 1.50 bits per heavy atom. The lowest BCUT2D eigenvalue weighted by atomic mass is 9.90. The summed E-state index contributed by atoms with van der Waals surface area (Å²) in [4.78, 5) is 12.0. The van der Waals surface area contributed by atoms with Gasteiger partial charge in [0.2, 0.25) is 0 Å². The molecule has 1 aromatic rings. The molecule has 3 nitrogen and oxygen atoms in total. The number of carbonyl (C=O) groups excluding carboxylic acids is 1. The average molecular weight is 363 g/mol. The van der Waals surface area contributed by atoms with E-state index in [1.165, 1.54) is 0 Å². The molecule has 1 amide bonds. The second-order valence-electron chi connectivity index (χ2n) is 5.54. The van der Waals surface area contributed by atoms with Gasteiger partial charge in [0, 0.05) is 16.9 Å². The Labute approximate surface area is 134 Å². The summed E-state index contributed by atoms with van der Waals surface area (Å²) in [6.07, 6.45) is 0.449. The van der Waals surface area contributed by atoms with E-state index in [0.717, 1.165) is 11.8 Å². The fourth-order valence-corrected chi connectivity index (χ4v) is 2.87. The van der Waals surface area contributed by atoms with Gasteiger partial charge in [-0.05, 0) is 37.0 Å². The molecule has 0 aliphatic rings. The minimum absolute atomic E-state index is 0.0644. The molecule has 1 N–H and O–H groups in total. The SMILES string of the molecule is CC(Oc1cccc(Cl)c1)C(=O)NCC(C)(C)CCBr. The Bertz CT molecular complexity index is 451. The van der Waals surface area contributed by atoms with Crippen LogP contribution in [0.25, 0.3) is 0 Å². The van der Waals surface area contributed by atoms with E-state index in [0.29, 0.717) is 17.3 Å². The molecule has 5 heteroatoms. The van der Waals surface area contributed by atoms with E-state index >= 15 is 0 Å². The van der Waals surface area contributed by atoms with Crippen molar-refractivity contribution in [1.82, 2.24) is 5.32 Å². The third-order valence-electron chi connectivity index (χ3n) is 2.99. The van der Waals surface area contributed by atoms with Crippen molar-refractivity contribution in [2.75, 3.05) is 11.9 Å². The Balaban J connectivity index is 2.47. The van der Waals surface area contributed by atoms with Gasteiger partial charge >= 0.3 is 0 Å².